The van der Waals surface area contributed by atoms with E-state index in [1.54, 1.807) is 53.6 Å². The molecule has 1 aliphatic rings. The van der Waals surface area contributed by atoms with Gasteiger partial charge in [0.2, 0.25) is 0 Å². The van der Waals surface area contributed by atoms with Crippen LogP contribution < -0.4 is 9.62 Å². The van der Waals surface area contributed by atoms with Crippen LogP contribution in [0.3, 0.4) is 0 Å². The molecule has 8 nitrogen and oxygen atoms in total. The number of sulfonamides is 1. The number of para-hydroxylation sites is 1. The van der Waals surface area contributed by atoms with Crippen LogP contribution in [0.15, 0.2) is 90.5 Å². The number of nitrogens with zero attached hydrogens (tertiary/aromatic N) is 4. The van der Waals surface area contributed by atoms with Crippen LogP contribution in [0.2, 0.25) is 0 Å². The molecule has 0 radical (unpaired) electrons. The SMILES string of the molecule is O=C(Nc1ccc(-n2ccnc2)nc1)c1cccc(S(=O)(=O)N2CCc3ccccc32)c1. The Morgan fingerprint density at radius 1 is 1.03 bits per heavy atom. The lowest BCUT2D eigenvalue weighted by Crippen LogP contribution is -2.29. The van der Waals surface area contributed by atoms with Crippen LogP contribution in [0.1, 0.15) is 15.9 Å². The largest absolute Gasteiger partial charge is 0.321 e. The maximum absolute atomic E-state index is 13.3. The molecular formula is C23H19N5O3S. The molecule has 0 atom stereocenters. The maximum atomic E-state index is 13.3. The van der Waals surface area contributed by atoms with E-state index >= 15 is 0 Å². The highest BCUT2D eigenvalue weighted by atomic mass is 32.2. The molecule has 0 bridgehead atoms. The summed E-state index contributed by atoms with van der Waals surface area (Å²) >= 11 is 0. The zero-order valence-electron chi connectivity index (χ0n) is 16.9. The number of fused-ring (bicyclic) bond motifs is 1. The molecule has 160 valence electrons. The third-order valence-corrected chi connectivity index (χ3v) is 7.11. The van der Waals surface area contributed by atoms with Gasteiger partial charge in [-0.05, 0) is 48.4 Å². The summed E-state index contributed by atoms with van der Waals surface area (Å²) in [5.74, 6) is 0.250. The predicted molar refractivity (Wildman–Crippen MR) is 120 cm³/mol. The van der Waals surface area contributed by atoms with Crippen LogP contribution in [0.5, 0.6) is 0 Å². The van der Waals surface area contributed by atoms with Crippen LogP contribution in [0.25, 0.3) is 5.82 Å². The van der Waals surface area contributed by atoms with E-state index in [4.69, 9.17) is 0 Å². The lowest BCUT2D eigenvalue weighted by Gasteiger charge is -2.20. The van der Waals surface area contributed by atoms with Crippen molar-refractivity contribution in [2.24, 2.45) is 0 Å². The zero-order valence-corrected chi connectivity index (χ0v) is 17.7. The summed E-state index contributed by atoms with van der Waals surface area (Å²) in [5.41, 5.74) is 2.43. The van der Waals surface area contributed by atoms with Crippen LogP contribution in [0.4, 0.5) is 11.4 Å². The van der Waals surface area contributed by atoms with Crippen molar-refractivity contribution in [2.75, 3.05) is 16.2 Å². The van der Waals surface area contributed by atoms with Gasteiger partial charge in [-0.25, -0.2) is 18.4 Å². The molecule has 2 aromatic carbocycles. The number of amides is 1. The Morgan fingerprint density at radius 2 is 1.91 bits per heavy atom. The summed E-state index contributed by atoms with van der Waals surface area (Å²) in [4.78, 5) is 21.1. The molecule has 0 unspecified atom stereocenters. The van der Waals surface area contributed by atoms with Gasteiger partial charge >= 0.3 is 0 Å². The van der Waals surface area contributed by atoms with Crippen molar-refractivity contribution in [1.82, 2.24) is 14.5 Å². The third-order valence-electron chi connectivity index (χ3n) is 5.30. The first-order chi connectivity index (χ1) is 15.5. The summed E-state index contributed by atoms with van der Waals surface area (Å²) in [7, 11) is -3.78. The molecule has 1 amide bonds. The van der Waals surface area contributed by atoms with E-state index in [0.717, 1.165) is 5.56 Å². The molecule has 9 heteroatoms. The lowest BCUT2D eigenvalue weighted by molar-refractivity contribution is 0.102. The Balaban J connectivity index is 1.36. The number of hydrogen-bond donors (Lipinski definition) is 1. The number of benzene rings is 2. The molecule has 1 N–H and O–H groups in total. The van der Waals surface area contributed by atoms with Crippen molar-refractivity contribution in [3.05, 3.63) is 96.7 Å². The molecule has 0 saturated carbocycles. The van der Waals surface area contributed by atoms with Crippen molar-refractivity contribution < 1.29 is 13.2 Å². The number of rotatable bonds is 5. The monoisotopic (exact) mass is 445 g/mol. The first kappa shape index (κ1) is 20.0. The Morgan fingerprint density at radius 3 is 2.69 bits per heavy atom. The number of carbonyl (C=O) groups is 1. The van der Waals surface area contributed by atoms with Gasteiger partial charge in [-0.3, -0.25) is 13.7 Å². The molecule has 32 heavy (non-hydrogen) atoms. The average Bonchev–Trinajstić information content (AvgIpc) is 3.50. The molecule has 2 aromatic heterocycles. The average molecular weight is 446 g/mol. The molecular weight excluding hydrogens is 426 g/mol. The minimum Gasteiger partial charge on any atom is -0.321 e. The van der Waals surface area contributed by atoms with Gasteiger partial charge in [0.25, 0.3) is 15.9 Å². The van der Waals surface area contributed by atoms with E-state index in [1.807, 2.05) is 18.2 Å². The highest BCUT2D eigenvalue weighted by molar-refractivity contribution is 7.92. The third kappa shape index (κ3) is 3.63. The summed E-state index contributed by atoms with van der Waals surface area (Å²) in [5, 5.41) is 2.76. The number of carbonyl (C=O) groups excluding carboxylic acids is 1. The second-order valence-corrected chi connectivity index (χ2v) is 9.18. The fraction of sp³-hybridized carbons (Fsp3) is 0.0870. The van der Waals surface area contributed by atoms with Gasteiger partial charge in [0, 0.05) is 24.5 Å². The number of pyridine rings is 1. The number of hydrogen-bond acceptors (Lipinski definition) is 5. The van der Waals surface area contributed by atoms with Crippen LogP contribution in [0, 0.1) is 0 Å². The van der Waals surface area contributed by atoms with Crippen molar-refractivity contribution in [2.45, 2.75) is 11.3 Å². The van der Waals surface area contributed by atoms with E-state index < -0.39 is 15.9 Å². The Labute approximate surface area is 185 Å². The van der Waals surface area contributed by atoms with Gasteiger partial charge in [-0.15, -0.1) is 0 Å². The van der Waals surface area contributed by atoms with Crippen LogP contribution in [-0.4, -0.2) is 35.4 Å². The normalized spacial score (nSPS) is 13.1. The second-order valence-electron chi connectivity index (χ2n) is 7.31. The van der Waals surface area contributed by atoms with Gasteiger partial charge in [0.15, 0.2) is 0 Å². The van der Waals surface area contributed by atoms with Crippen molar-refractivity contribution >= 4 is 27.3 Å². The van der Waals surface area contributed by atoms with E-state index in [1.165, 1.54) is 22.6 Å². The van der Waals surface area contributed by atoms with Gasteiger partial charge in [-0.1, -0.05) is 24.3 Å². The fourth-order valence-corrected chi connectivity index (χ4v) is 5.24. The first-order valence-corrected chi connectivity index (χ1v) is 11.4. The van der Waals surface area contributed by atoms with Gasteiger partial charge in [0.05, 0.1) is 22.5 Å². The van der Waals surface area contributed by atoms with E-state index in [0.29, 0.717) is 30.2 Å². The molecule has 0 saturated heterocycles. The Kier molecular flexibility index (Phi) is 4.95. The van der Waals surface area contributed by atoms with Crippen LogP contribution >= 0.6 is 0 Å². The molecule has 4 aromatic rings. The standard InChI is InChI=1S/C23H19N5O3S/c29-23(26-19-8-9-22(25-15-19)27-13-11-24-16-27)18-5-3-6-20(14-18)32(30,31)28-12-10-17-4-1-2-7-21(17)28/h1-9,11,13-16H,10,12H2,(H,26,29). The lowest BCUT2D eigenvalue weighted by atomic mass is 10.2. The summed E-state index contributed by atoms with van der Waals surface area (Å²) < 4.78 is 29.7. The van der Waals surface area contributed by atoms with E-state index in [-0.39, 0.29) is 10.5 Å². The highest BCUT2D eigenvalue weighted by Gasteiger charge is 2.30. The summed E-state index contributed by atoms with van der Waals surface area (Å²) in [6.45, 7) is 0.382. The summed E-state index contributed by atoms with van der Waals surface area (Å²) in [6, 6.07) is 17.0. The first-order valence-electron chi connectivity index (χ1n) is 9.99. The smallest absolute Gasteiger partial charge is 0.264 e. The number of imidazole rings is 1. The molecule has 0 spiro atoms. The number of anilines is 2. The zero-order chi connectivity index (χ0) is 22.1. The molecule has 5 rings (SSSR count). The number of nitrogens with one attached hydrogen (secondary N) is 1. The second kappa shape index (κ2) is 7.93. The topological polar surface area (TPSA) is 97.2 Å². The minimum atomic E-state index is -3.78. The minimum absolute atomic E-state index is 0.0791. The maximum Gasteiger partial charge on any atom is 0.264 e. The summed E-state index contributed by atoms with van der Waals surface area (Å²) in [6.07, 6.45) is 7.25. The fourth-order valence-electron chi connectivity index (χ4n) is 3.69. The number of aromatic nitrogens is 3. The van der Waals surface area contributed by atoms with Crippen molar-refractivity contribution in [3.8, 4) is 5.82 Å². The van der Waals surface area contributed by atoms with E-state index in [2.05, 4.69) is 15.3 Å². The van der Waals surface area contributed by atoms with E-state index in [9.17, 15) is 13.2 Å². The Bertz CT molecular complexity index is 1380. The molecule has 1 aliphatic heterocycles. The van der Waals surface area contributed by atoms with Gasteiger partial charge < -0.3 is 5.32 Å². The Hall–Kier alpha value is -3.98. The predicted octanol–water partition coefficient (Wildman–Crippen LogP) is 3.27. The van der Waals surface area contributed by atoms with Crippen molar-refractivity contribution in [1.29, 1.82) is 0 Å². The molecule has 3 heterocycles. The quantitative estimate of drug-likeness (QED) is 0.509. The highest BCUT2D eigenvalue weighted by Crippen LogP contribution is 2.32. The van der Waals surface area contributed by atoms with Gasteiger partial charge in [-0.2, -0.15) is 0 Å². The van der Waals surface area contributed by atoms with Crippen molar-refractivity contribution in [3.63, 3.8) is 0 Å². The molecule has 0 aliphatic carbocycles. The molecule has 0 fully saturated rings. The van der Waals surface area contributed by atoms with Gasteiger partial charge in [0.1, 0.15) is 12.1 Å². The van der Waals surface area contributed by atoms with Crippen LogP contribution in [-0.2, 0) is 16.4 Å².